The Bertz CT molecular complexity index is 1030. The van der Waals surface area contributed by atoms with E-state index in [0.717, 1.165) is 0 Å². The molecule has 29 heavy (non-hydrogen) atoms. The molecule has 0 bridgehead atoms. The molecule has 0 amide bonds. The van der Waals surface area contributed by atoms with Gasteiger partial charge in [-0.1, -0.05) is 0 Å². The lowest BCUT2D eigenvalue weighted by atomic mass is 10.0. The number of imidazole rings is 1. The number of rotatable bonds is 7. The maximum atomic E-state index is 13.1. The van der Waals surface area contributed by atoms with Gasteiger partial charge in [-0.25, -0.2) is 15.0 Å². The van der Waals surface area contributed by atoms with E-state index in [0.29, 0.717) is 17.6 Å². The third-order valence-corrected chi connectivity index (χ3v) is 8.17. The summed E-state index contributed by atoms with van der Waals surface area (Å²) >= 11 is 0. The molecule has 2 aliphatic carbocycles. The molecule has 2 aliphatic rings. The Kier molecular flexibility index (Phi) is 4.92. The summed E-state index contributed by atoms with van der Waals surface area (Å²) in [6, 6.07) is -0.522. The highest BCUT2D eigenvalue weighted by Gasteiger charge is 2.73. The Balaban J connectivity index is 1.70. The quantitative estimate of drug-likeness (QED) is 0.439. The number of nitrogens with zero attached hydrogens (tertiary/aromatic N) is 4. The second-order valence-corrected chi connectivity index (χ2v) is 9.53. The molecule has 156 valence electrons. The van der Waals surface area contributed by atoms with Crippen LogP contribution in [0.15, 0.2) is 6.33 Å². The lowest BCUT2D eigenvalue weighted by molar-refractivity contribution is -0.0141. The van der Waals surface area contributed by atoms with Crippen molar-refractivity contribution >= 4 is 24.6 Å². The predicted octanol–water partition coefficient (Wildman–Crippen LogP) is 0.939. The maximum absolute atomic E-state index is 13.1. The fourth-order valence-corrected chi connectivity index (χ4v) is 6.97. The van der Waals surface area contributed by atoms with Crippen LogP contribution in [0.3, 0.4) is 0 Å². The Labute approximate surface area is 168 Å². The molecule has 4 rings (SSSR count). The molecule has 2 aromatic rings. The molecule has 2 aromatic heterocycles. The van der Waals surface area contributed by atoms with E-state index in [1.165, 1.54) is 6.33 Å². The van der Waals surface area contributed by atoms with Gasteiger partial charge in [0.25, 0.3) is 0 Å². The second kappa shape index (κ2) is 7.04. The highest BCUT2D eigenvalue weighted by molar-refractivity contribution is 7.53. The number of aliphatic hydroxyl groups is 2. The largest absolute Gasteiger partial charge is 0.390 e. The molecule has 0 saturated heterocycles. The number of anilines is 1. The zero-order valence-corrected chi connectivity index (χ0v) is 17.1. The minimum atomic E-state index is -3.40. The monoisotopic (exact) mass is 421 g/mol. The fourth-order valence-electron chi connectivity index (χ4n) is 4.65. The van der Waals surface area contributed by atoms with E-state index in [-0.39, 0.29) is 36.9 Å². The van der Waals surface area contributed by atoms with Gasteiger partial charge in [-0.2, -0.15) is 0 Å². The van der Waals surface area contributed by atoms with Gasteiger partial charge in [0.1, 0.15) is 11.6 Å². The number of nitrogen functional groups attached to an aromatic ring is 1. The van der Waals surface area contributed by atoms with Crippen molar-refractivity contribution in [1.29, 1.82) is 0 Å². The molecule has 11 heteroatoms. The number of hydrogen-bond acceptors (Lipinski definition) is 9. The standard InChI is InChI=1S/C18H24N5O5P/c1-4-11-21-16(19)12-17(22-11)23(9-20-12)13-10-7-18(10,15(25)14(13)24)8-29(26,27-5-2)28-6-3/h1,9-10,13-15,24-25H,5-8H2,2-3H3,(H2,19,21,22)/t10-,13-,14+,15+,18?/m1/s1. The van der Waals surface area contributed by atoms with Gasteiger partial charge in [-0.15, -0.1) is 6.42 Å². The first-order chi connectivity index (χ1) is 13.8. The molecule has 0 radical (unpaired) electrons. The Morgan fingerprint density at radius 3 is 2.69 bits per heavy atom. The van der Waals surface area contributed by atoms with Crippen molar-refractivity contribution in [3.63, 3.8) is 0 Å². The number of aromatic nitrogens is 4. The molecule has 1 unspecified atom stereocenters. The predicted molar refractivity (Wildman–Crippen MR) is 105 cm³/mol. The first-order valence-electron chi connectivity index (χ1n) is 9.51. The average molecular weight is 421 g/mol. The van der Waals surface area contributed by atoms with Crippen LogP contribution in [0.25, 0.3) is 11.2 Å². The zero-order chi connectivity index (χ0) is 21.0. The summed E-state index contributed by atoms with van der Waals surface area (Å²) in [7, 11) is -3.40. The Hall–Kier alpha value is -2.02. The third kappa shape index (κ3) is 3.05. The van der Waals surface area contributed by atoms with E-state index in [2.05, 4.69) is 20.9 Å². The van der Waals surface area contributed by atoms with Crippen LogP contribution < -0.4 is 5.73 Å². The van der Waals surface area contributed by atoms with Gasteiger partial charge >= 0.3 is 7.60 Å². The van der Waals surface area contributed by atoms with Crippen LogP contribution in [-0.4, -0.2) is 61.3 Å². The van der Waals surface area contributed by atoms with Crippen LogP contribution in [0, 0.1) is 23.7 Å². The summed E-state index contributed by atoms with van der Waals surface area (Å²) in [4.78, 5) is 12.6. The van der Waals surface area contributed by atoms with Gasteiger partial charge in [0.15, 0.2) is 11.5 Å². The van der Waals surface area contributed by atoms with Crippen molar-refractivity contribution < 1.29 is 23.8 Å². The number of aliphatic hydroxyl groups excluding tert-OH is 2. The molecule has 4 N–H and O–H groups in total. The second-order valence-electron chi connectivity index (χ2n) is 7.48. The lowest BCUT2D eigenvalue weighted by Crippen LogP contribution is -2.35. The summed E-state index contributed by atoms with van der Waals surface area (Å²) in [6.45, 7) is 3.94. The maximum Gasteiger partial charge on any atom is 0.331 e. The SMILES string of the molecule is C#Cc1nc(N)c2ncn([C@H]3[C@H](O)[C@H](O)C4(CP(=O)(OCC)OCC)C[C@H]34)c2n1. The van der Waals surface area contributed by atoms with Gasteiger partial charge in [0.2, 0.25) is 5.82 Å². The van der Waals surface area contributed by atoms with E-state index in [9.17, 15) is 14.8 Å². The Morgan fingerprint density at radius 1 is 1.38 bits per heavy atom. The topological polar surface area (TPSA) is 146 Å². The van der Waals surface area contributed by atoms with Gasteiger partial charge in [0, 0.05) is 5.41 Å². The van der Waals surface area contributed by atoms with Crippen molar-refractivity contribution in [3.05, 3.63) is 12.2 Å². The summed E-state index contributed by atoms with van der Waals surface area (Å²) in [5, 5.41) is 21.7. The number of terminal acetylenes is 1. The van der Waals surface area contributed by atoms with E-state index in [4.69, 9.17) is 21.2 Å². The van der Waals surface area contributed by atoms with Crippen molar-refractivity contribution in [2.24, 2.45) is 11.3 Å². The zero-order valence-electron chi connectivity index (χ0n) is 16.2. The van der Waals surface area contributed by atoms with E-state index in [1.807, 2.05) is 0 Å². The van der Waals surface area contributed by atoms with E-state index in [1.54, 1.807) is 18.4 Å². The smallest absolute Gasteiger partial charge is 0.331 e. The highest BCUT2D eigenvalue weighted by Crippen LogP contribution is 2.73. The Morgan fingerprint density at radius 2 is 2.07 bits per heavy atom. The van der Waals surface area contributed by atoms with Crippen molar-refractivity contribution in [3.8, 4) is 12.3 Å². The van der Waals surface area contributed by atoms with Gasteiger partial charge in [-0.05, 0) is 32.1 Å². The molecule has 2 heterocycles. The summed E-state index contributed by atoms with van der Waals surface area (Å²) in [6.07, 6.45) is 5.34. The molecule has 10 nitrogen and oxygen atoms in total. The first kappa shape index (κ1) is 20.3. The highest BCUT2D eigenvalue weighted by atomic mass is 31.2. The lowest BCUT2D eigenvalue weighted by Gasteiger charge is -2.26. The van der Waals surface area contributed by atoms with Crippen LogP contribution >= 0.6 is 7.60 Å². The van der Waals surface area contributed by atoms with E-state index >= 15 is 0 Å². The van der Waals surface area contributed by atoms with E-state index < -0.39 is 31.3 Å². The average Bonchev–Trinajstić information content (AvgIpc) is 3.13. The molecule has 0 aromatic carbocycles. The molecular formula is C18H24N5O5P. The number of fused-ring (bicyclic) bond motifs is 2. The van der Waals surface area contributed by atoms with Crippen LogP contribution in [0.2, 0.25) is 0 Å². The van der Waals surface area contributed by atoms with Crippen LogP contribution in [0.1, 0.15) is 32.1 Å². The van der Waals surface area contributed by atoms with Crippen molar-refractivity contribution in [1.82, 2.24) is 19.5 Å². The summed E-state index contributed by atoms with van der Waals surface area (Å²) in [5.74, 6) is 2.46. The first-order valence-corrected chi connectivity index (χ1v) is 11.2. The van der Waals surface area contributed by atoms with Gasteiger partial charge < -0.3 is 29.6 Å². The van der Waals surface area contributed by atoms with Crippen LogP contribution in [0.4, 0.5) is 5.82 Å². The minimum Gasteiger partial charge on any atom is -0.390 e. The summed E-state index contributed by atoms with van der Waals surface area (Å²) < 4.78 is 25.6. The van der Waals surface area contributed by atoms with Crippen LogP contribution in [-0.2, 0) is 13.6 Å². The van der Waals surface area contributed by atoms with Crippen molar-refractivity contribution in [2.45, 2.75) is 38.5 Å². The van der Waals surface area contributed by atoms with Gasteiger partial charge in [0.05, 0.1) is 37.8 Å². The minimum absolute atomic E-state index is 0.0421. The normalized spacial score (nSPS) is 31.0. The molecule has 5 atom stereocenters. The van der Waals surface area contributed by atoms with Crippen LogP contribution in [0.5, 0.6) is 0 Å². The molecule has 2 fully saturated rings. The molecule has 2 saturated carbocycles. The molecular weight excluding hydrogens is 397 g/mol. The summed E-state index contributed by atoms with van der Waals surface area (Å²) in [5.41, 5.74) is 5.93. The number of nitrogens with two attached hydrogens (primary N) is 1. The number of hydrogen-bond donors (Lipinski definition) is 3. The fraction of sp³-hybridized carbons (Fsp3) is 0.611. The third-order valence-electron chi connectivity index (χ3n) is 5.89. The van der Waals surface area contributed by atoms with Crippen molar-refractivity contribution in [2.75, 3.05) is 25.1 Å². The van der Waals surface area contributed by atoms with Gasteiger partial charge in [-0.3, -0.25) is 4.57 Å². The molecule has 0 spiro atoms. The molecule has 0 aliphatic heterocycles.